The zero-order chi connectivity index (χ0) is 19.8. The smallest absolute Gasteiger partial charge is 0.364 e. The van der Waals surface area contributed by atoms with Gasteiger partial charge >= 0.3 is 6.18 Å². The third-order valence-electron chi connectivity index (χ3n) is 4.57. The summed E-state index contributed by atoms with van der Waals surface area (Å²) < 4.78 is 38.5. The lowest BCUT2D eigenvalue weighted by Gasteiger charge is -2.29. The minimum absolute atomic E-state index is 0.159. The second kappa shape index (κ2) is 7.44. The Balaban J connectivity index is 1.86. The lowest BCUT2D eigenvalue weighted by molar-refractivity contribution is -0.141. The molecule has 0 unspecified atom stereocenters. The van der Waals surface area contributed by atoms with Crippen molar-refractivity contribution in [3.63, 3.8) is 0 Å². The summed E-state index contributed by atoms with van der Waals surface area (Å²) in [4.78, 5) is 21.4. The molecule has 5 nitrogen and oxygen atoms in total. The Bertz CT molecular complexity index is 886. The van der Waals surface area contributed by atoms with Crippen LogP contribution >= 0.6 is 11.6 Å². The van der Waals surface area contributed by atoms with E-state index in [-0.39, 0.29) is 5.69 Å². The molecule has 0 bridgehead atoms. The van der Waals surface area contributed by atoms with Gasteiger partial charge in [-0.05, 0) is 36.1 Å². The molecule has 2 aromatic heterocycles. The quantitative estimate of drug-likeness (QED) is 0.857. The number of primary amides is 1. The largest absolute Gasteiger partial charge is 0.433 e. The third kappa shape index (κ3) is 4.06. The molecule has 9 heteroatoms. The van der Waals surface area contributed by atoms with Crippen LogP contribution < -0.4 is 5.73 Å². The van der Waals surface area contributed by atoms with Crippen LogP contribution in [-0.4, -0.2) is 27.3 Å². The van der Waals surface area contributed by atoms with Crippen molar-refractivity contribution in [2.45, 2.75) is 39.0 Å². The van der Waals surface area contributed by atoms with Gasteiger partial charge in [0.05, 0.1) is 10.7 Å². The number of fused-ring (bicyclic) bond motifs is 1. The minimum Gasteiger partial charge on any atom is -0.364 e. The van der Waals surface area contributed by atoms with Crippen molar-refractivity contribution in [2.75, 3.05) is 6.54 Å². The first kappa shape index (κ1) is 19.6. The first-order valence-corrected chi connectivity index (χ1v) is 8.83. The van der Waals surface area contributed by atoms with E-state index in [1.165, 1.54) is 0 Å². The molecule has 0 saturated heterocycles. The molecule has 1 amide bonds. The van der Waals surface area contributed by atoms with Crippen LogP contribution in [0.1, 0.15) is 45.5 Å². The lowest BCUT2D eigenvalue weighted by Crippen LogP contribution is -2.32. The second-order valence-electron chi connectivity index (χ2n) is 6.40. The summed E-state index contributed by atoms with van der Waals surface area (Å²) >= 11 is 6.46. The molecule has 0 aliphatic carbocycles. The topological polar surface area (TPSA) is 72.1 Å². The number of nitrogens with two attached hydrogens (primary N) is 1. The maximum Gasteiger partial charge on any atom is 0.433 e. The van der Waals surface area contributed by atoms with E-state index in [9.17, 15) is 18.0 Å². The molecule has 0 saturated carbocycles. The van der Waals surface area contributed by atoms with E-state index >= 15 is 0 Å². The van der Waals surface area contributed by atoms with Gasteiger partial charge in [0.25, 0.3) is 5.91 Å². The molecule has 0 fully saturated rings. The summed E-state index contributed by atoms with van der Waals surface area (Å²) in [7, 11) is 0. The van der Waals surface area contributed by atoms with Crippen LogP contribution in [0.4, 0.5) is 13.2 Å². The van der Waals surface area contributed by atoms with Gasteiger partial charge < -0.3 is 5.73 Å². The molecule has 3 heterocycles. The molecule has 27 heavy (non-hydrogen) atoms. The first-order valence-electron chi connectivity index (χ1n) is 8.45. The van der Waals surface area contributed by atoms with E-state index in [1.54, 1.807) is 6.07 Å². The second-order valence-corrected chi connectivity index (χ2v) is 6.78. The SMILES string of the molecule is CCc1c(C(N)=O)nc2c(c1Cl)CCN(Cc1ccnc(C(F)(F)F)c1)C2. The number of nitrogens with zero attached hydrogens (tertiary/aromatic N) is 3. The monoisotopic (exact) mass is 398 g/mol. The molecule has 1 aliphatic rings. The number of carbonyl (C=O) groups excluding carboxylic acids is 1. The summed E-state index contributed by atoms with van der Waals surface area (Å²) in [5, 5.41) is 0.513. The highest BCUT2D eigenvalue weighted by Crippen LogP contribution is 2.32. The van der Waals surface area contributed by atoms with Crippen molar-refractivity contribution in [1.29, 1.82) is 0 Å². The Labute approximate surface area is 159 Å². The number of pyridine rings is 2. The molecule has 144 valence electrons. The van der Waals surface area contributed by atoms with Gasteiger partial charge in [-0.15, -0.1) is 0 Å². The Morgan fingerprint density at radius 2 is 2.15 bits per heavy atom. The fourth-order valence-electron chi connectivity index (χ4n) is 3.28. The number of carbonyl (C=O) groups is 1. The molecule has 0 atom stereocenters. The molecule has 0 radical (unpaired) electrons. The number of halogens is 4. The molecule has 2 aromatic rings. The van der Waals surface area contributed by atoms with E-state index in [0.717, 1.165) is 17.8 Å². The molecular formula is C18H18ClF3N4O. The van der Waals surface area contributed by atoms with Gasteiger partial charge in [0.1, 0.15) is 11.4 Å². The predicted molar refractivity (Wildman–Crippen MR) is 94.2 cm³/mol. The molecule has 3 rings (SSSR count). The number of hydrogen-bond acceptors (Lipinski definition) is 4. The third-order valence-corrected chi connectivity index (χ3v) is 5.03. The van der Waals surface area contributed by atoms with Crippen LogP contribution in [0.25, 0.3) is 0 Å². The number of hydrogen-bond donors (Lipinski definition) is 1. The maximum absolute atomic E-state index is 12.8. The van der Waals surface area contributed by atoms with Gasteiger partial charge in [-0.1, -0.05) is 18.5 Å². The highest BCUT2D eigenvalue weighted by atomic mass is 35.5. The molecule has 2 N–H and O–H groups in total. The number of aromatic nitrogens is 2. The summed E-state index contributed by atoms with van der Waals surface area (Å²) in [5.41, 5.74) is 7.33. The summed E-state index contributed by atoms with van der Waals surface area (Å²) in [6.07, 6.45) is -2.18. The predicted octanol–water partition coefficient (Wildman–Crippen LogP) is 3.37. The Kier molecular flexibility index (Phi) is 5.39. The average Bonchev–Trinajstić information content (AvgIpc) is 2.61. The Hall–Kier alpha value is -2.19. The van der Waals surface area contributed by atoms with E-state index in [2.05, 4.69) is 9.97 Å². The summed E-state index contributed by atoms with van der Waals surface area (Å²) in [6, 6.07) is 2.60. The first-order chi connectivity index (χ1) is 12.7. The molecule has 0 spiro atoms. The van der Waals surface area contributed by atoms with E-state index < -0.39 is 17.8 Å². The van der Waals surface area contributed by atoms with Gasteiger partial charge in [-0.3, -0.25) is 14.7 Å². The maximum atomic E-state index is 12.8. The van der Waals surface area contributed by atoms with Gasteiger partial charge in [0, 0.05) is 31.4 Å². The highest BCUT2D eigenvalue weighted by molar-refractivity contribution is 6.32. The van der Waals surface area contributed by atoms with Gasteiger partial charge in [-0.25, -0.2) is 4.98 Å². The molecule has 1 aliphatic heterocycles. The van der Waals surface area contributed by atoms with Gasteiger partial charge in [-0.2, -0.15) is 13.2 Å². The van der Waals surface area contributed by atoms with Crippen molar-refractivity contribution >= 4 is 17.5 Å². The minimum atomic E-state index is -4.48. The van der Waals surface area contributed by atoms with Crippen LogP contribution in [0.3, 0.4) is 0 Å². The van der Waals surface area contributed by atoms with Crippen LogP contribution in [0.15, 0.2) is 18.3 Å². The molecular weight excluding hydrogens is 381 g/mol. The zero-order valence-electron chi connectivity index (χ0n) is 14.6. The van der Waals surface area contributed by atoms with Crippen molar-refractivity contribution in [3.05, 3.63) is 57.1 Å². The number of amides is 1. The van der Waals surface area contributed by atoms with Crippen molar-refractivity contribution < 1.29 is 18.0 Å². The normalized spacial score (nSPS) is 14.9. The average molecular weight is 399 g/mol. The number of alkyl halides is 3. The van der Waals surface area contributed by atoms with Gasteiger partial charge in [0.2, 0.25) is 0 Å². The molecule has 0 aromatic carbocycles. The Morgan fingerprint density at radius 3 is 2.78 bits per heavy atom. The van der Waals surface area contributed by atoms with Crippen molar-refractivity contribution in [2.24, 2.45) is 5.73 Å². The fraction of sp³-hybridized carbons (Fsp3) is 0.389. The standard InChI is InChI=1S/C18H18ClF3N4O/c1-2-11-15(19)12-4-6-26(9-13(12)25-16(11)17(23)27)8-10-3-5-24-14(7-10)18(20,21)22/h3,5,7H,2,4,6,8-9H2,1H3,(H2,23,27). The number of rotatable bonds is 4. The van der Waals surface area contributed by atoms with Gasteiger partial charge in [0.15, 0.2) is 0 Å². The van der Waals surface area contributed by atoms with E-state index in [4.69, 9.17) is 17.3 Å². The van der Waals surface area contributed by atoms with Crippen molar-refractivity contribution in [1.82, 2.24) is 14.9 Å². The fourth-order valence-corrected chi connectivity index (χ4v) is 3.70. The van der Waals surface area contributed by atoms with Crippen LogP contribution in [0.5, 0.6) is 0 Å². The van der Waals surface area contributed by atoms with E-state index in [0.29, 0.717) is 54.3 Å². The van der Waals surface area contributed by atoms with Crippen LogP contribution in [0.2, 0.25) is 5.02 Å². The van der Waals surface area contributed by atoms with Crippen LogP contribution in [-0.2, 0) is 32.1 Å². The lowest BCUT2D eigenvalue weighted by atomic mass is 9.98. The van der Waals surface area contributed by atoms with Crippen molar-refractivity contribution in [3.8, 4) is 0 Å². The zero-order valence-corrected chi connectivity index (χ0v) is 15.4. The highest BCUT2D eigenvalue weighted by Gasteiger charge is 2.32. The Morgan fingerprint density at radius 1 is 1.41 bits per heavy atom. The summed E-state index contributed by atoms with van der Waals surface area (Å²) in [6.45, 7) is 3.18. The summed E-state index contributed by atoms with van der Waals surface area (Å²) in [5.74, 6) is -0.641. The van der Waals surface area contributed by atoms with Crippen LogP contribution in [0, 0.1) is 0 Å². The van der Waals surface area contributed by atoms with E-state index in [1.807, 2.05) is 11.8 Å².